The summed E-state index contributed by atoms with van der Waals surface area (Å²) < 4.78 is 27.5. The van der Waals surface area contributed by atoms with Crippen molar-refractivity contribution in [1.29, 1.82) is 0 Å². The van der Waals surface area contributed by atoms with Gasteiger partial charge < -0.3 is 9.84 Å². The molecule has 16 heavy (non-hydrogen) atoms. The molecule has 0 amide bonds. The molecule has 1 aromatic heterocycles. The van der Waals surface area contributed by atoms with E-state index in [0.717, 1.165) is 6.26 Å². The molecule has 1 unspecified atom stereocenters. The normalized spacial score (nSPS) is 14.8. The standard InChI is InChI=1S/C9H17N3O3S/c1-6(16(5,13)14)7-10-8(15-12-7)11-9(2,3)4/h6H,1-5H3,(H,10,11,12). The molecule has 1 N–H and O–H groups in total. The Balaban J connectivity index is 2.88. The van der Waals surface area contributed by atoms with Crippen LogP contribution in [0.2, 0.25) is 0 Å². The summed E-state index contributed by atoms with van der Waals surface area (Å²) in [5, 5.41) is 5.85. The number of nitrogens with one attached hydrogen (secondary N) is 1. The fourth-order valence-electron chi connectivity index (χ4n) is 0.963. The summed E-state index contributed by atoms with van der Waals surface area (Å²) in [5.74, 6) is 0.175. The maximum absolute atomic E-state index is 11.3. The molecule has 92 valence electrons. The van der Waals surface area contributed by atoms with Crippen LogP contribution in [0.3, 0.4) is 0 Å². The van der Waals surface area contributed by atoms with Gasteiger partial charge in [0.05, 0.1) is 0 Å². The van der Waals surface area contributed by atoms with Gasteiger partial charge in [-0.3, -0.25) is 0 Å². The minimum atomic E-state index is -3.20. The zero-order chi connectivity index (χ0) is 12.6. The molecule has 0 spiro atoms. The lowest BCUT2D eigenvalue weighted by molar-refractivity contribution is 0.411. The Hall–Kier alpha value is -1.11. The third-order valence-corrected chi connectivity index (χ3v) is 3.42. The molecule has 0 aliphatic rings. The maximum atomic E-state index is 11.3. The van der Waals surface area contributed by atoms with Crippen LogP contribution in [0.1, 0.15) is 38.8 Å². The van der Waals surface area contributed by atoms with Crippen LogP contribution in [-0.2, 0) is 9.84 Å². The van der Waals surface area contributed by atoms with Crippen molar-refractivity contribution in [1.82, 2.24) is 10.1 Å². The van der Waals surface area contributed by atoms with E-state index in [4.69, 9.17) is 4.52 Å². The molecule has 0 fully saturated rings. The molecule has 0 saturated heterocycles. The molecule has 0 radical (unpaired) electrons. The molecule has 0 bridgehead atoms. The van der Waals surface area contributed by atoms with Gasteiger partial charge in [-0.1, -0.05) is 5.16 Å². The van der Waals surface area contributed by atoms with Crippen molar-refractivity contribution in [2.45, 2.75) is 38.5 Å². The van der Waals surface area contributed by atoms with Gasteiger partial charge in [0.2, 0.25) is 0 Å². The Kier molecular flexibility index (Phi) is 3.27. The number of rotatable bonds is 3. The fourth-order valence-corrected chi connectivity index (χ4v) is 1.44. The van der Waals surface area contributed by atoms with E-state index in [1.807, 2.05) is 20.8 Å². The Morgan fingerprint density at radius 2 is 1.94 bits per heavy atom. The number of sulfone groups is 1. The summed E-state index contributed by atoms with van der Waals surface area (Å²) in [4.78, 5) is 3.99. The van der Waals surface area contributed by atoms with Crippen LogP contribution >= 0.6 is 0 Å². The van der Waals surface area contributed by atoms with Crippen LogP contribution in [0.25, 0.3) is 0 Å². The lowest BCUT2D eigenvalue weighted by Gasteiger charge is -2.17. The molecule has 1 atom stereocenters. The van der Waals surface area contributed by atoms with Gasteiger partial charge >= 0.3 is 6.01 Å². The van der Waals surface area contributed by atoms with Gasteiger partial charge in [-0.2, -0.15) is 4.98 Å². The second-order valence-corrected chi connectivity index (χ2v) is 7.17. The highest BCUT2D eigenvalue weighted by molar-refractivity contribution is 7.90. The highest BCUT2D eigenvalue weighted by Gasteiger charge is 2.24. The van der Waals surface area contributed by atoms with Gasteiger partial charge in [-0.15, -0.1) is 0 Å². The van der Waals surface area contributed by atoms with Crippen molar-refractivity contribution in [3.63, 3.8) is 0 Å². The van der Waals surface area contributed by atoms with Crippen LogP contribution in [-0.4, -0.2) is 30.4 Å². The fraction of sp³-hybridized carbons (Fsp3) is 0.778. The maximum Gasteiger partial charge on any atom is 0.321 e. The van der Waals surface area contributed by atoms with Crippen molar-refractivity contribution >= 4 is 15.9 Å². The van der Waals surface area contributed by atoms with Crippen molar-refractivity contribution < 1.29 is 12.9 Å². The third-order valence-electron chi connectivity index (χ3n) is 1.93. The summed E-state index contributed by atoms with van der Waals surface area (Å²) in [6.07, 6.45) is 1.14. The molecule has 0 aliphatic carbocycles. The highest BCUT2D eigenvalue weighted by atomic mass is 32.2. The van der Waals surface area contributed by atoms with Crippen LogP contribution in [0.5, 0.6) is 0 Å². The van der Waals surface area contributed by atoms with Crippen molar-refractivity contribution in [2.24, 2.45) is 0 Å². The van der Waals surface area contributed by atoms with E-state index in [9.17, 15) is 8.42 Å². The van der Waals surface area contributed by atoms with Gasteiger partial charge in [0.25, 0.3) is 0 Å². The molecule has 6 nitrogen and oxygen atoms in total. The number of aromatic nitrogens is 2. The highest BCUT2D eigenvalue weighted by Crippen LogP contribution is 2.20. The first-order valence-corrected chi connectivity index (χ1v) is 6.86. The zero-order valence-corrected chi connectivity index (χ0v) is 10.9. The summed E-state index contributed by atoms with van der Waals surface area (Å²) in [7, 11) is -3.20. The quantitative estimate of drug-likeness (QED) is 0.868. The summed E-state index contributed by atoms with van der Waals surface area (Å²) in [5.41, 5.74) is -0.210. The van der Waals surface area contributed by atoms with Crippen molar-refractivity contribution in [3.05, 3.63) is 5.82 Å². The first kappa shape index (κ1) is 13.0. The average Bonchev–Trinajstić information content (AvgIpc) is 2.46. The van der Waals surface area contributed by atoms with Gasteiger partial charge in [-0.05, 0) is 27.7 Å². The van der Waals surface area contributed by atoms with E-state index in [1.165, 1.54) is 6.92 Å². The van der Waals surface area contributed by atoms with Gasteiger partial charge in [0.1, 0.15) is 5.25 Å². The minimum absolute atomic E-state index is 0.175. The Morgan fingerprint density at radius 3 is 2.38 bits per heavy atom. The van der Waals surface area contributed by atoms with Gasteiger partial charge in [0.15, 0.2) is 15.7 Å². The number of anilines is 1. The molecular formula is C9H17N3O3S. The van der Waals surface area contributed by atoms with Crippen LogP contribution in [0.4, 0.5) is 6.01 Å². The number of hydrogen-bond donors (Lipinski definition) is 1. The second kappa shape index (κ2) is 4.04. The van der Waals surface area contributed by atoms with Gasteiger partial charge in [-0.25, -0.2) is 8.42 Å². The smallest absolute Gasteiger partial charge is 0.321 e. The third kappa shape index (κ3) is 3.48. The predicted molar refractivity (Wildman–Crippen MR) is 60.9 cm³/mol. The topological polar surface area (TPSA) is 85.1 Å². The SMILES string of the molecule is CC(c1noc(NC(C)(C)C)n1)S(C)(=O)=O. The van der Waals surface area contributed by atoms with E-state index in [1.54, 1.807) is 0 Å². The molecule has 1 heterocycles. The number of nitrogens with zero attached hydrogens (tertiary/aromatic N) is 2. The van der Waals surface area contributed by atoms with E-state index in [-0.39, 0.29) is 17.4 Å². The van der Waals surface area contributed by atoms with Crippen molar-refractivity contribution in [2.75, 3.05) is 11.6 Å². The molecular weight excluding hydrogens is 230 g/mol. The second-order valence-electron chi connectivity index (χ2n) is 4.80. The summed E-state index contributed by atoms with van der Waals surface area (Å²) in [6.45, 7) is 7.35. The Labute approximate surface area is 95.3 Å². The molecule has 1 rings (SSSR count). The lowest BCUT2D eigenvalue weighted by Crippen LogP contribution is -2.26. The van der Waals surface area contributed by atoms with Crippen molar-refractivity contribution in [3.8, 4) is 0 Å². The summed E-state index contributed by atoms with van der Waals surface area (Å²) >= 11 is 0. The molecule has 0 aliphatic heterocycles. The first-order chi connectivity index (χ1) is 7.09. The number of hydrogen-bond acceptors (Lipinski definition) is 6. The first-order valence-electron chi connectivity index (χ1n) is 4.90. The van der Waals surface area contributed by atoms with E-state index in [2.05, 4.69) is 15.5 Å². The average molecular weight is 247 g/mol. The molecule has 7 heteroatoms. The minimum Gasteiger partial charge on any atom is -0.333 e. The van der Waals surface area contributed by atoms with E-state index < -0.39 is 15.1 Å². The van der Waals surface area contributed by atoms with Crippen LogP contribution in [0.15, 0.2) is 4.52 Å². The van der Waals surface area contributed by atoms with Gasteiger partial charge in [0, 0.05) is 11.8 Å². The zero-order valence-electron chi connectivity index (χ0n) is 10.1. The van der Waals surface area contributed by atoms with E-state index in [0.29, 0.717) is 0 Å². The summed E-state index contributed by atoms with van der Waals surface area (Å²) in [6, 6.07) is 0.234. The Bertz CT molecular complexity index is 459. The largest absolute Gasteiger partial charge is 0.333 e. The molecule has 1 aromatic rings. The Morgan fingerprint density at radius 1 is 1.38 bits per heavy atom. The molecule has 0 saturated carbocycles. The molecule has 0 aromatic carbocycles. The monoisotopic (exact) mass is 247 g/mol. The van der Waals surface area contributed by atoms with E-state index >= 15 is 0 Å². The predicted octanol–water partition coefficient (Wildman–Crippen LogP) is 1.39. The van der Waals surface area contributed by atoms with Crippen LogP contribution in [0, 0.1) is 0 Å². The lowest BCUT2D eigenvalue weighted by atomic mass is 10.1. The van der Waals surface area contributed by atoms with Crippen LogP contribution < -0.4 is 5.32 Å².